The van der Waals surface area contributed by atoms with Crippen LogP contribution in [-0.4, -0.2) is 32.1 Å². The number of carbonyl (C=O) groups excluding carboxylic acids is 2. The van der Waals surface area contributed by atoms with Gasteiger partial charge in [-0.25, -0.2) is 0 Å². The first-order valence-corrected chi connectivity index (χ1v) is 10.5. The highest BCUT2D eigenvalue weighted by Crippen LogP contribution is 2.57. The third-order valence-electron chi connectivity index (χ3n) is 6.74. The van der Waals surface area contributed by atoms with Crippen LogP contribution in [0.15, 0.2) is 36.9 Å². The predicted octanol–water partition coefficient (Wildman–Crippen LogP) is 4.49. The Morgan fingerprint density at radius 3 is 2.66 bits per heavy atom. The van der Waals surface area contributed by atoms with Gasteiger partial charge in [0.05, 0.1) is 13.2 Å². The molecule has 3 rings (SSSR count). The number of rotatable bonds is 10. The maximum absolute atomic E-state index is 13.4. The Morgan fingerprint density at radius 2 is 2.00 bits per heavy atom. The zero-order valence-corrected chi connectivity index (χ0v) is 17.5. The lowest BCUT2D eigenvalue weighted by Crippen LogP contribution is -2.34. The van der Waals surface area contributed by atoms with Crippen LogP contribution in [0.1, 0.15) is 50.5 Å². The Hall–Kier alpha value is -2.14. The fraction of sp³-hybridized carbons (Fsp3) is 0.583. The number of esters is 1. The molecule has 1 unspecified atom stereocenters. The van der Waals surface area contributed by atoms with E-state index in [1.54, 1.807) is 14.2 Å². The first kappa shape index (κ1) is 21.6. The van der Waals surface area contributed by atoms with Gasteiger partial charge in [0.15, 0.2) is 5.78 Å². The van der Waals surface area contributed by atoms with Gasteiger partial charge in [-0.1, -0.05) is 24.6 Å². The summed E-state index contributed by atoms with van der Waals surface area (Å²) in [5, 5.41) is 0. The van der Waals surface area contributed by atoms with Crippen molar-refractivity contribution in [2.45, 2.75) is 57.7 Å². The molecule has 5 heteroatoms. The number of ether oxygens (including phenoxy) is 3. The Kier molecular flexibility index (Phi) is 7.12. The summed E-state index contributed by atoms with van der Waals surface area (Å²) in [6.45, 7) is 3.93. The van der Waals surface area contributed by atoms with E-state index < -0.39 is 17.3 Å². The summed E-state index contributed by atoms with van der Waals surface area (Å²) in [6.07, 6.45) is 7.99. The molecule has 0 radical (unpaired) electrons. The molecule has 1 aromatic carbocycles. The second-order valence-electron chi connectivity index (χ2n) is 8.22. The number of carbonyl (C=O) groups is 2. The van der Waals surface area contributed by atoms with Gasteiger partial charge >= 0.3 is 5.97 Å². The van der Waals surface area contributed by atoms with Crippen molar-refractivity contribution in [3.05, 3.63) is 42.5 Å². The molecule has 0 aromatic heterocycles. The molecule has 2 aliphatic carbocycles. The van der Waals surface area contributed by atoms with Crippen molar-refractivity contribution >= 4 is 11.8 Å². The van der Waals surface area contributed by atoms with Gasteiger partial charge in [0.2, 0.25) is 0 Å². The first-order chi connectivity index (χ1) is 14.1. The normalized spacial score (nSPS) is 28.2. The minimum Gasteiger partial charge on any atom is -0.497 e. The average molecular weight is 401 g/mol. The monoisotopic (exact) mass is 400 g/mol. The summed E-state index contributed by atoms with van der Waals surface area (Å²) in [4.78, 5) is 26.2. The third-order valence-corrected chi connectivity index (χ3v) is 6.74. The summed E-state index contributed by atoms with van der Waals surface area (Å²) < 4.78 is 16.3. The second-order valence-corrected chi connectivity index (χ2v) is 8.22. The van der Waals surface area contributed by atoms with E-state index in [1.165, 1.54) is 0 Å². The zero-order chi connectivity index (χ0) is 20.9. The second kappa shape index (κ2) is 9.57. The van der Waals surface area contributed by atoms with Gasteiger partial charge in [-0.2, -0.15) is 0 Å². The lowest BCUT2D eigenvalue weighted by molar-refractivity contribution is -0.153. The highest BCUT2D eigenvalue weighted by molar-refractivity contribution is 6.04. The molecule has 2 aliphatic rings. The van der Waals surface area contributed by atoms with E-state index >= 15 is 0 Å². The minimum atomic E-state index is -0.671. The zero-order valence-electron chi connectivity index (χ0n) is 17.5. The summed E-state index contributed by atoms with van der Waals surface area (Å²) in [6, 6.07) is 7.38. The number of unbranched alkanes of at least 4 members (excludes halogenated alkanes) is 2. The van der Waals surface area contributed by atoms with Crippen molar-refractivity contribution in [1.82, 2.24) is 0 Å². The van der Waals surface area contributed by atoms with Crippen LogP contribution in [0.2, 0.25) is 0 Å². The summed E-state index contributed by atoms with van der Waals surface area (Å²) >= 11 is 0. The molecular formula is C24H32O5. The van der Waals surface area contributed by atoms with E-state index in [4.69, 9.17) is 14.2 Å². The number of hydrogen-bond acceptors (Lipinski definition) is 5. The first-order valence-electron chi connectivity index (χ1n) is 10.5. The van der Waals surface area contributed by atoms with E-state index in [0.29, 0.717) is 6.42 Å². The van der Waals surface area contributed by atoms with E-state index in [2.05, 4.69) is 6.58 Å². The average Bonchev–Trinajstić information content (AvgIpc) is 3.24. The molecule has 2 fully saturated rings. The topological polar surface area (TPSA) is 61.8 Å². The van der Waals surface area contributed by atoms with Crippen LogP contribution in [-0.2, 0) is 25.7 Å². The summed E-state index contributed by atoms with van der Waals surface area (Å²) in [5.74, 6) is -0.137. The van der Waals surface area contributed by atoms with Crippen LogP contribution in [0.3, 0.4) is 0 Å². The highest BCUT2D eigenvalue weighted by Gasteiger charge is 2.61. The molecule has 29 heavy (non-hydrogen) atoms. The van der Waals surface area contributed by atoms with Crippen LogP contribution in [0.5, 0.6) is 5.75 Å². The van der Waals surface area contributed by atoms with Crippen molar-refractivity contribution in [1.29, 1.82) is 0 Å². The van der Waals surface area contributed by atoms with Crippen molar-refractivity contribution in [2.24, 2.45) is 17.3 Å². The number of Topliss-reactive ketones (excluding diaryl/α,β-unsaturated/α-hetero) is 1. The lowest BCUT2D eigenvalue weighted by Gasteiger charge is -2.29. The van der Waals surface area contributed by atoms with Gasteiger partial charge < -0.3 is 14.2 Å². The summed E-state index contributed by atoms with van der Waals surface area (Å²) in [5.41, 5.74) is 0.449. The molecule has 0 heterocycles. The molecule has 0 N–H and O–H groups in total. The van der Waals surface area contributed by atoms with Crippen LogP contribution in [0, 0.1) is 17.3 Å². The van der Waals surface area contributed by atoms with Crippen molar-refractivity contribution in [3.8, 4) is 5.75 Å². The maximum Gasteiger partial charge on any atom is 0.316 e. The molecule has 0 amide bonds. The Bertz CT molecular complexity index is 725. The quantitative estimate of drug-likeness (QED) is 0.251. The molecule has 1 aromatic rings. The van der Waals surface area contributed by atoms with Gasteiger partial charge in [0.1, 0.15) is 18.3 Å². The summed E-state index contributed by atoms with van der Waals surface area (Å²) in [7, 11) is 3.32. The van der Waals surface area contributed by atoms with Gasteiger partial charge in [-0.15, -0.1) is 6.58 Å². The van der Waals surface area contributed by atoms with Gasteiger partial charge in [0.25, 0.3) is 0 Å². The van der Waals surface area contributed by atoms with Crippen molar-refractivity contribution < 1.29 is 23.8 Å². The minimum absolute atomic E-state index is 0.0535. The lowest BCUT2D eigenvalue weighted by atomic mass is 9.74. The van der Waals surface area contributed by atoms with Gasteiger partial charge in [-0.3, -0.25) is 9.59 Å². The number of benzene rings is 1. The number of hydrogen-bond donors (Lipinski definition) is 0. The number of allylic oxidation sites excluding steroid dienone is 1. The molecule has 0 aliphatic heterocycles. The Morgan fingerprint density at radius 1 is 1.24 bits per heavy atom. The predicted molar refractivity (Wildman–Crippen MR) is 111 cm³/mol. The fourth-order valence-electron chi connectivity index (χ4n) is 5.16. The molecule has 5 nitrogen and oxygen atoms in total. The molecular weight excluding hydrogens is 368 g/mol. The molecule has 4 atom stereocenters. The van der Waals surface area contributed by atoms with Gasteiger partial charge in [-0.05, 0) is 62.1 Å². The van der Waals surface area contributed by atoms with Crippen LogP contribution in [0.25, 0.3) is 0 Å². The van der Waals surface area contributed by atoms with Gasteiger partial charge in [0, 0.05) is 12.5 Å². The molecule has 0 saturated heterocycles. The van der Waals surface area contributed by atoms with E-state index in [-0.39, 0.29) is 24.4 Å². The van der Waals surface area contributed by atoms with E-state index in [1.807, 2.05) is 30.3 Å². The van der Waals surface area contributed by atoms with E-state index in [9.17, 15) is 9.59 Å². The number of ketones is 1. The third kappa shape index (κ3) is 4.40. The van der Waals surface area contributed by atoms with Crippen molar-refractivity contribution in [3.63, 3.8) is 0 Å². The van der Waals surface area contributed by atoms with Crippen LogP contribution < -0.4 is 4.74 Å². The fourth-order valence-corrected chi connectivity index (χ4v) is 5.16. The van der Waals surface area contributed by atoms with Crippen LogP contribution >= 0.6 is 0 Å². The highest BCUT2D eigenvalue weighted by atomic mass is 16.5. The maximum atomic E-state index is 13.4. The number of fused-ring (bicyclic) bond motifs is 1. The molecule has 158 valence electrons. The smallest absolute Gasteiger partial charge is 0.316 e. The number of methoxy groups -OCH3 is 2. The molecule has 2 saturated carbocycles. The Labute approximate surface area is 173 Å². The largest absolute Gasteiger partial charge is 0.497 e. The van der Waals surface area contributed by atoms with E-state index in [0.717, 1.165) is 49.8 Å². The van der Waals surface area contributed by atoms with Crippen molar-refractivity contribution in [2.75, 3.05) is 14.2 Å². The standard InChI is InChI=1S/C24H32O5/c1-4-5-6-7-13-24-14-12-21(28-3)20(24)15-19(22(24)25)23(26)29-16-17-8-10-18(27-2)11-9-17/h4,8-11,19-21H,1,5-7,12-16H2,2-3H3/t19?,20-,21-,24+/m1/s1. The molecule has 0 spiro atoms. The van der Waals surface area contributed by atoms with Crippen LogP contribution in [0.4, 0.5) is 0 Å². The SMILES string of the molecule is C=CCCCC[C@]12CC[C@@H](OC)[C@H]1CC(C(=O)OCc1ccc(OC)cc1)C2=O. The Balaban J connectivity index is 1.65. The molecule has 0 bridgehead atoms.